The van der Waals surface area contributed by atoms with E-state index >= 15 is 0 Å². The number of benzene rings is 4. The van der Waals surface area contributed by atoms with Crippen molar-refractivity contribution in [2.24, 2.45) is 0 Å². The number of fused-ring (bicyclic) bond motifs is 2. The predicted octanol–water partition coefficient (Wildman–Crippen LogP) is 6.19. The highest BCUT2D eigenvalue weighted by atomic mass is 16.5. The minimum absolute atomic E-state index is 0.0322. The summed E-state index contributed by atoms with van der Waals surface area (Å²) < 4.78 is 38.0. The van der Waals surface area contributed by atoms with Gasteiger partial charge in [0.25, 0.3) is 0 Å². The average Bonchev–Trinajstić information content (AvgIpc) is 3.06. The number of rotatable bonds is 9. The Bertz CT molecular complexity index is 1630. The molecule has 1 N–H and O–H groups in total. The fourth-order valence-corrected chi connectivity index (χ4v) is 4.79. The normalized spacial score (nSPS) is 13.1. The molecule has 2 aliphatic heterocycles. The number of methoxy groups -OCH3 is 3. The van der Waals surface area contributed by atoms with Gasteiger partial charge in [-0.3, -0.25) is 9.59 Å². The van der Waals surface area contributed by atoms with Crippen molar-refractivity contribution in [2.45, 2.75) is 26.1 Å². The zero-order valence-electron chi connectivity index (χ0n) is 25.3. The second kappa shape index (κ2) is 14.4. The lowest BCUT2D eigenvalue weighted by molar-refractivity contribution is 0.0919. The molecule has 10 heteroatoms. The van der Waals surface area contributed by atoms with E-state index in [0.717, 1.165) is 22.6 Å². The minimum Gasteiger partial charge on any atom is -0.507 e. The second-order valence-corrected chi connectivity index (χ2v) is 10.1. The Hall–Kier alpha value is -5.38. The topological polar surface area (TPSA) is 119 Å². The van der Waals surface area contributed by atoms with E-state index in [4.69, 9.17) is 33.2 Å². The van der Waals surface area contributed by atoms with E-state index in [2.05, 4.69) is 0 Å². The van der Waals surface area contributed by atoms with Crippen LogP contribution in [-0.2, 0) is 13.2 Å². The van der Waals surface area contributed by atoms with Gasteiger partial charge in [0.15, 0.2) is 11.6 Å². The molecule has 2 aliphatic rings. The molecule has 0 saturated heterocycles. The number of ether oxygens (including phenoxy) is 7. The summed E-state index contributed by atoms with van der Waals surface area (Å²) in [5.74, 6) is 3.84. The molecule has 0 unspecified atom stereocenters. The van der Waals surface area contributed by atoms with Crippen LogP contribution in [0.5, 0.6) is 46.0 Å². The van der Waals surface area contributed by atoms with Crippen LogP contribution < -0.4 is 33.2 Å². The highest BCUT2D eigenvalue weighted by Crippen LogP contribution is 2.38. The van der Waals surface area contributed by atoms with Crippen molar-refractivity contribution < 1.29 is 47.9 Å². The molecule has 0 fully saturated rings. The quantitative estimate of drug-likeness (QED) is 0.234. The summed E-state index contributed by atoms with van der Waals surface area (Å²) in [4.78, 5) is 23.8. The van der Waals surface area contributed by atoms with Crippen LogP contribution in [0.3, 0.4) is 0 Å². The molecule has 0 bridgehead atoms. The first kappa shape index (κ1) is 31.1. The summed E-state index contributed by atoms with van der Waals surface area (Å²) in [6, 6.07) is 21.7. The SMILES string of the molecule is COc1ccc(COc2cc(O)c3c(c2)OCCC3=O)cc1.COc1ccc(COc2cc(OC)c3c(c2)OCCC3=O)cc1. The predicted molar refractivity (Wildman–Crippen MR) is 165 cm³/mol. The smallest absolute Gasteiger partial charge is 0.173 e. The molecule has 4 aromatic rings. The van der Waals surface area contributed by atoms with E-state index in [-0.39, 0.29) is 29.3 Å². The first-order valence-corrected chi connectivity index (χ1v) is 14.3. The maximum absolute atomic E-state index is 12.0. The van der Waals surface area contributed by atoms with Crippen molar-refractivity contribution in [3.05, 3.63) is 95.1 Å². The molecular formula is C35H34O10. The first-order valence-electron chi connectivity index (χ1n) is 14.3. The molecule has 0 aliphatic carbocycles. The average molecular weight is 615 g/mol. The monoisotopic (exact) mass is 614 g/mol. The molecule has 2 heterocycles. The van der Waals surface area contributed by atoms with Gasteiger partial charge in [-0.1, -0.05) is 24.3 Å². The number of carbonyl (C=O) groups excluding carboxylic acids is 2. The fraction of sp³-hybridized carbons (Fsp3) is 0.257. The van der Waals surface area contributed by atoms with Crippen molar-refractivity contribution in [3.8, 4) is 46.0 Å². The number of ketones is 2. The van der Waals surface area contributed by atoms with Gasteiger partial charge in [-0.2, -0.15) is 0 Å². The van der Waals surface area contributed by atoms with E-state index in [1.807, 2.05) is 48.5 Å². The Morgan fingerprint density at radius 1 is 0.600 bits per heavy atom. The van der Waals surface area contributed by atoms with Crippen molar-refractivity contribution >= 4 is 11.6 Å². The Kier molecular flexibility index (Phi) is 9.93. The lowest BCUT2D eigenvalue weighted by Gasteiger charge is -2.20. The van der Waals surface area contributed by atoms with Crippen molar-refractivity contribution in [2.75, 3.05) is 34.5 Å². The van der Waals surface area contributed by atoms with Crippen LogP contribution in [0, 0.1) is 0 Å². The van der Waals surface area contributed by atoms with Gasteiger partial charge in [-0.05, 0) is 35.4 Å². The lowest BCUT2D eigenvalue weighted by Crippen LogP contribution is -2.16. The molecule has 10 nitrogen and oxygen atoms in total. The third-order valence-electron chi connectivity index (χ3n) is 7.17. The van der Waals surface area contributed by atoms with Crippen LogP contribution >= 0.6 is 0 Å². The van der Waals surface area contributed by atoms with Crippen LogP contribution in [0.2, 0.25) is 0 Å². The summed E-state index contributed by atoms with van der Waals surface area (Å²) in [7, 11) is 4.78. The molecule has 0 saturated carbocycles. The molecule has 0 radical (unpaired) electrons. The molecule has 0 spiro atoms. The summed E-state index contributed by atoms with van der Waals surface area (Å²) >= 11 is 0. The zero-order chi connectivity index (χ0) is 31.8. The first-order chi connectivity index (χ1) is 21.9. The van der Waals surface area contributed by atoms with Gasteiger partial charge < -0.3 is 38.3 Å². The van der Waals surface area contributed by atoms with E-state index in [1.165, 1.54) is 13.2 Å². The highest BCUT2D eigenvalue weighted by molar-refractivity contribution is 6.03. The summed E-state index contributed by atoms with van der Waals surface area (Å²) in [5, 5.41) is 9.98. The van der Waals surface area contributed by atoms with Gasteiger partial charge in [-0.15, -0.1) is 0 Å². The summed E-state index contributed by atoms with van der Waals surface area (Å²) in [6.07, 6.45) is 0.655. The summed E-state index contributed by atoms with van der Waals surface area (Å²) in [6.45, 7) is 1.46. The van der Waals surface area contributed by atoms with Gasteiger partial charge >= 0.3 is 0 Å². The molecule has 4 aromatic carbocycles. The molecule has 6 rings (SSSR count). The minimum atomic E-state index is -0.111. The van der Waals surface area contributed by atoms with Crippen molar-refractivity contribution in [3.63, 3.8) is 0 Å². The number of phenols is 1. The number of aromatic hydroxyl groups is 1. The lowest BCUT2D eigenvalue weighted by atomic mass is 10.0. The van der Waals surface area contributed by atoms with Crippen molar-refractivity contribution in [1.29, 1.82) is 0 Å². The third kappa shape index (κ3) is 7.59. The zero-order valence-corrected chi connectivity index (χ0v) is 25.3. The Labute approximate surface area is 261 Å². The number of carbonyl (C=O) groups is 2. The number of phenolic OH excluding ortho intramolecular Hbond substituents is 1. The van der Waals surface area contributed by atoms with Gasteiger partial charge in [0, 0.05) is 37.1 Å². The van der Waals surface area contributed by atoms with Crippen LogP contribution in [0.1, 0.15) is 44.7 Å². The molecule has 0 aromatic heterocycles. The maximum Gasteiger partial charge on any atom is 0.173 e. The largest absolute Gasteiger partial charge is 0.507 e. The fourth-order valence-electron chi connectivity index (χ4n) is 4.79. The van der Waals surface area contributed by atoms with Gasteiger partial charge in [0.05, 0.1) is 34.5 Å². The Balaban J connectivity index is 0.000000178. The maximum atomic E-state index is 12.0. The van der Waals surface area contributed by atoms with Crippen LogP contribution in [0.15, 0.2) is 72.8 Å². The molecule has 45 heavy (non-hydrogen) atoms. The number of Topliss-reactive ketones (excluding diaryl/α,β-unsaturated/α-hetero) is 2. The van der Waals surface area contributed by atoms with Crippen LogP contribution in [0.25, 0.3) is 0 Å². The van der Waals surface area contributed by atoms with E-state index in [0.29, 0.717) is 67.2 Å². The Morgan fingerprint density at radius 2 is 1.07 bits per heavy atom. The number of hydrogen-bond donors (Lipinski definition) is 1. The third-order valence-corrected chi connectivity index (χ3v) is 7.17. The summed E-state index contributed by atoms with van der Waals surface area (Å²) in [5.41, 5.74) is 2.72. The van der Waals surface area contributed by atoms with Crippen LogP contribution in [-0.4, -0.2) is 51.2 Å². The Morgan fingerprint density at radius 3 is 1.56 bits per heavy atom. The van der Waals surface area contributed by atoms with Gasteiger partial charge in [0.1, 0.15) is 70.3 Å². The molecule has 234 valence electrons. The highest BCUT2D eigenvalue weighted by Gasteiger charge is 2.25. The van der Waals surface area contributed by atoms with E-state index in [1.54, 1.807) is 32.4 Å². The van der Waals surface area contributed by atoms with Crippen molar-refractivity contribution in [1.82, 2.24) is 0 Å². The molecule has 0 amide bonds. The standard InChI is InChI=1S/C18H18O5.C17H16O5/c1-20-13-5-3-12(4-6-13)11-23-14-9-16(21-2)18-15(19)7-8-22-17(18)10-14;1-20-12-4-2-11(3-5-12)10-22-13-8-15(19)17-14(18)6-7-21-16(17)9-13/h3-6,9-10H,7-8,11H2,1-2H3;2-5,8-9,19H,6-7,10H2,1H3. The van der Waals surface area contributed by atoms with Crippen LogP contribution in [0.4, 0.5) is 0 Å². The molecule has 0 atom stereocenters. The number of hydrogen-bond acceptors (Lipinski definition) is 10. The second-order valence-electron chi connectivity index (χ2n) is 10.1. The van der Waals surface area contributed by atoms with Gasteiger partial charge in [-0.25, -0.2) is 0 Å². The van der Waals surface area contributed by atoms with E-state index in [9.17, 15) is 14.7 Å². The molecular weight excluding hydrogens is 580 g/mol. The van der Waals surface area contributed by atoms with Gasteiger partial charge in [0.2, 0.25) is 0 Å². The van der Waals surface area contributed by atoms with E-state index < -0.39 is 0 Å².